The van der Waals surface area contributed by atoms with Gasteiger partial charge in [-0.1, -0.05) is 0 Å². The summed E-state index contributed by atoms with van der Waals surface area (Å²) in [5.74, 6) is -0.798. The minimum absolute atomic E-state index is 0.120. The van der Waals surface area contributed by atoms with Gasteiger partial charge < -0.3 is 24.6 Å². The topological polar surface area (TPSA) is 86.0 Å². The third-order valence-electron chi connectivity index (χ3n) is 3.50. The smallest absolute Gasteiger partial charge is 0.371 e. The van der Waals surface area contributed by atoms with Gasteiger partial charge in [-0.2, -0.15) is 0 Å². The number of amides is 2. The molecule has 1 aliphatic heterocycles. The van der Waals surface area contributed by atoms with E-state index in [4.69, 9.17) is 9.52 Å². The molecule has 7 heteroatoms. The fourth-order valence-corrected chi connectivity index (χ4v) is 2.57. The molecular weight excluding hydrogens is 274 g/mol. The van der Waals surface area contributed by atoms with Crippen LogP contribution in [-0.2, 0) is 6.54 Å². The molecular formula is C14H21N3O4. The maximum absolute atomic E-state index is 12.2. The van der Waals surface area contributed by atoms with E-state index in [1.165, 1.54) is 6.07 Å². The summed E-state index contributed by atoms with van der Waals surface area (Å²) in [6.07, 6.45) is 2.02. The fraction of sp³-hybridized carbons (Fsp3) is 0.571. The molecule has 1 aromatic heterocycles. The zero-order valence-corrected chi connectivity index (χ0v) is 12.3. The molecule has 1 fully saturated rings. The maximum atomic E-state index is 12.2. The summed E-state index contributed by atoms with van der Waals surface area (Å²) >= 11 is 0. The Kier molecular flexibility index (Phi) is 4.85. The van der Waals surface area contributed by atoms with E-state index in [-0.39, 0.29) is 24.4 Å². The number of hydrogen-bond donors (Lipinski definition) is 2. The van der Waals surface area contributed by atoms with Crippen LogP contribution < -0.4 is 5.32 Å². The molecule has 2 rings (SSSR count). The monoisotopic (exact) mass is 295 g/mol. The van der Waals surface area contributed by atoms with E-state index in [9.17, 15) is 9.59 Å². The molecule has 1 unspecified atom stereocenters. The van der Waals surface area contributed by atoms with Crippen LogP contribution in [0.15, 0.2) is 16.5 Å². The van der Waals surface area contributed by atoms with Crippen LogP contribution in [0.1, 0.15) is 29.2 Å². The van der Waals surface area contributed by atoms with Gasteiger partial charge in [0.1, 0.15) is 5.76 Å². The first-order valence-electron chi connectivity index (χ1n) is 6.98. The van der Waals surface area contributed by atoms with Gasteiger partial charge in [0.2, 0.25) is 5.76 Å². The predicted molar refractivity (Wildman–Crippen MR) is 76.2 cm³/mol. The Bertz CT molecular complexity index is 512. The average Bonchev–Trinajstić information content (AvgIpc) is 3.04. The molecule has 0 spiro atoms. The van der Waals surface area contributed by atoms with Gasteiger partial charge in [0.05, 0.1) is 6.54 Å². The molecule has 0 saturated carbocycles. The number of aromatic carboxylic acids is 1. The lowest BCUT2D eigenvalue weighted by Crippen LogP contribution is -2.46. The van der Waals surface area contributed by atoms with Gasteiger partial charge in [-0.15, -0.1) is 0 Å². The van der Waals surface area contributed by atoms with E-state index >= 15 is 0 Å². The molecule has 0 aromatic carbocycles. The summed E-state index contributed by atoms with van der Waals surface area (Å²) in [6.45, 7) is 1.79. The molecule has 2 N–H and O–H groups in total. The highest BCUT2D eigenvalue weighted by Crippen LogP contribution is 2.18. The minimum atomic E-state index is -1.11. The Labute approximate surface area is 123 Å². The third kappa shape index (κ3) is 3.98. The Balaban J connectivity index is 1.87. The summed E-state index contributed by atoms with van der Waals surface area (Å²) in [5, 5.41) is 11.6. The number of rotatable bonds is 5. The summed E-state index contributed by atoms with van der Waals surface area (Å²) in [4.78, 5) is 26.8. The van der Waals surface area contributed by atoms with Crippen LogP contribution in [0.25, 0.3) is 0 Å². The molecule has 7 nitrogen and oxygen atoms in total. The predicted octanol–water partition coefficient (Wildman–Crippen LogP) is 1.21. The van der Waals surface area contributed by atoms with Gasteiger partial charge in [0.25, 0.3) is 0 Å². The summed E-state index contributed by atoms with van der Waals surface area (Å²) in [6, 6.07) is 3.04. The van der Waals surface area contributed by atoms with Crippen molar-refractivity contribution in [1.82, 2.24) is 15.1 Å². The Morgan fingerprint density at radius 3 is 2.86 bits per heavy atom. The van der Waals surface area contributed by atoms with E-state index in [0.29, 0.717) is 5.76 Å². The lowest BCUT2D eigenvalue weighted by Gasteiger charge is -2.27. The number of carbonyl (C=O) groups excluding carboxylic acids is 1. The first-order valence-corrected chi connectivity index (χ1v) is 6.98. The van der Waals surface area contributed by atoms with Crippen LogP contribution in [0.4, 0.5) is 4.79 Å². The minimum Gasteiger partial charge on any atom is -0.475 e. The Morgan fingerprint density at radius 1 is 1.48 bits per heavy atom. The molecule has 0 radical (unpaired) electrons. The third-order valence-corrected chi connectivity index (χ3v) is 3.50. The van der Waals surface area contributed by atoms with Crippen molar-refractivity contribution in [3.05, 3.63) is 23.7 Å². The SMILES string of the molecule is CN(C)CC1CCCN1C(=O)NCc1ccc(C(=O)O)o1. The van der Waals surface area contributed by atoms with Crippen molar-refractivity contribution in [2.24, 2.45) is 0 Å². The van der Waals surface area contributed by atoms with E-state index in [0.717, 1.165) is 25.9 Å². The summed E-state index contributed by atoms with van der Waals surface area (Å²) in [5.41, 5.74) is 0. The van der Waals surface area contributed by atoms with E-state index in [1.807, 2.05) is 19.0 Å². The van der Waals surface area contributed by atoms with Crippen molar-refractivity contribution in [3.63, 3.8) is 0 Å². The number of urea groups is 1. The van der Waals surface area contributed by atoms with Crippen LogP contribution in [0.2, 0.25) is 0 Å². The van der Waals surface area contributed by atoms with E-state index in [1.54, 1.807) is 6.07 Å². The number of likely N-dealkylation sites (N-methyl/N-ethyl adjacent to an activating group) is 1. The van der Waals surface area contributed by atoms with Gasteiger partial charge in [-0.05, 0) is 39.1 Å². The molecule has 21 heavy (non-hydrogen) atoms. The molecule has 0 bridgehead atoms. The van der Waals surface area contributed by atoms with Crippen molar-refractivity contribution in [2.45, 2.75) is 25.4 Å². The fourth-order valence-electron chi connectivity index (χ4n) is 2.57. The maximum Gasteiger partial charge on any atom is 0.371 e. The van der Waals surface area contributed by atoms with Crippen molar-refractivity contribution in [2.75, 3.05) is 27.2 Å². The molecule has 1 aromatic rings. The molecule has 2 amide bonds. The normalized spacial score (nSPS) is 18.2. The molecule has 0 aliphatic carbocycles. The van der Waals surface area contributed by atoms with Gasteiger partial charge in [0, 0.05) is 19.1 Å². The number of carboxylic acids is 1. The number of carboxylic acid groups (broad SMARTS) is 1. The van der Waals surface area contributed by atoms with Crippen molar-refractivity contribution >= 4 is 12.0 Å². The van der Waals surface area contributed by atoms with Gasteiger partial charge in [-0.25, -0.2) is 9.59 Å². The quantitative estimate of drug-likeness (QED) is 0.853. The second-order valence-corrected chi connectivity index (χ2v) is 5.48. The second kappa shape index (κ2) is 6.62. The largest absolute Gasteiger partial charge is 0.475 e. The zero-order chi connectivity index (χ0) is 15.4. The van der Waals surface area contributed by atoms with Crippen molar-refractivity contribution in [3.8, 4) is 0 Å². The second-order valence-electron chi connectivity index (χ2n) is 5.48. The number of likely N-dealkylation sites (tertiary alicyclic amines) is 1. The molecule has 1 saturated heterocycles. The van der Waals surface area contributed by atoms with Crippen LogP contribution >= 0.6 is 0 Å². The number of nitrogens with zero attached hydrogens (tertiary/aromatic N) is 2. The van der Waals surface area contributed by atoms with Crippen molar-refractivity contribution < 1.29 is 19.1 Å². The van der Waals surface area contributed by atoms with E-state index in [2.05, 4.69) is 10.2 Å². The average molecular weight is 295 g/mol. The summed E-state index contributed by atoms with van der Waals surface area (Å²) < 4.78 is 5.11. The highest BCUT2D eigenvalue weighted by Gasteiger charge is 2.28. The molecule has 1 aliphatic rings. The van der Waals surface area contributed by atoms with Gasteiger partial charge in [0.15, 0.2) is 0 Å². The molecule has 116 valence electrons. The highest BCUT2D eigenvalue weighted by atomic mass is 16.4. The standard InChI is InChI=1S/C14H21N3O4/c1-16(2)9-10-4-3-7-17(10)14(20)15-8-11-5-6-12(21-11)13(18)19/h5-6,10H,3-4,7-9H2,1-2H3,(H,15,20)(H,18,19). The number of hydrogen-bond acceptors (Lipinski definition) is 4. The zero-order valence-electron chi connectivity index (χ0n) is 12.3. The molecule has 1 atom stereocenters. The lowest BCUT2D eigenvalue weighted by molar-refractivity contribution is 0.0660. The van der Waals surface area contributed by atoms with Crippen molar-refractivity contribution in [1.29, 1.82) is 0 Å². The lowest BCUT2D eigenvalue weighted by atomic mass is 10.2. The van der Waals surface area contributed by atoms with Gasteiger partial charge in [-0.3, -0.25) is 0 Å². The number of furan rings is 1. The highest BCUT2D eigenvalue weighted by molar-refractivity contribution is 5.84. The van der Waals surface area contributed by atoms with Crippen LogP contribution in [0, 0.1) is 0 Å². The molecule has 2 heterocycles. The van der Waals surface area contributed by atoms with Gasteiger partial charge >= 0.3 is 12.0 Å². The van der Waals surface area contributed by atoms with E-state index < -0.39 is 5.97 Å². The number of nitrogens with one attached hydrogen (secondary N) is 1. The summed E-state index contributed by atoms with van der Waals surface area (Å²) in [7, 11) is 3.98. The number of carbonyl (C=O) groups is 2. The van der Waals surface area contributed by atoms with Crippen LogP contribution in [0.5, 0.6) is 0 Å². The Hall–Kier alpha value is -2.02. The first-order chi connectivity index (χ1) is 9.97. The van der Waals surface area contributed by atoms with Crippen LogP contribution in [-0.4, -0.2) is 60.1 Å². The van der Waals surface area contributed by atoms with Crippen LogP contribution in [0.3, 0.4) is 0 Å². The first kappa shape index (κ1) is 15.4. The Morgan fingerprint density at radius 2 is 2.24 bits per heavy atom.